The van der Waals surface area contributed by atoms with Gasteiger partial charge in [-0.25, -0.2) is 0 Å². The lowest BCUT2D eigenvalue weighted by Crippen LogP contribution is -2.26. The van der Waals surface area contributed by atoms with Gasteiger partial charge in [0.15, 0.2) is 0 Å². The molecule has 0 saturated carbocycles. The standard InChI is InChI=1S/C6H9NO3.C2H6/c1-3-4(10-2)6(9)7-5(3)8;1-2/h3-4H,1-2H3,(H,7,8,9);1-2H3. The van der Waals surface area contributed by atoms with Gasteiger partial charge in [0.2, 0.25) is 5.91 Å². The highest BCUT2D eigenvalue weighted by Crippen LogP contribution is 2.12. The van der Waals surface area contributed by atoms with E-state index in [0.717, 1.165) is 0 Å². The van der Waals surface area contributed by atoms with Gasteiger partial charge < -0.3 is 4.74 Å². The molecule has 0 radical (unpaired) electrons. The van der Waals surface area contributed by atoms with E-state index in [0.29, 0.717) is 0 Å². The van der Waals surface area contributed by atoms with Crippen molar-refractivity contribution in [2.24, 2.45) is 5.92 Å². The van der Waals surface area contributed by atoms with Crippen LogP contribution in [0.25, 0.3) is 0 Å². The molecule has 0 aromatic heterocycles. The van der Waals surface area contributed by atoms with Gasteiger partial charge >= 0.3 is 0 Å². The minimum absolute atomic E-state index is 0.253. The summed E-state index contributed by atoms with van der Waals surface area (Å²) in [7, 11) is 1.42. The first-order chi connectivity index (χ1) is 5.66. The zero-order valence-corrected chi connectivity index (χ0v) is 7.88. The monoisotopic (exact) mass is 173 g/mol. The van der Waals surface area contributed by atoms with Crippen LogP contribution in [-0.2, 0) is 14.3 Å². The molecule has 1 saturated heterocycles. The van der Waals surface area contributed by atoms with Crippen LogP contribution in [0, 0.1) is 5.92 Å². The molecule has 1 heterocycles. The highest BCUT2D eigenvalue weighted by molar-refractivity contribution is 6.06. The van der Waals surface area contributed by atoms with Gasteiger partial charge in [0, 0.05) is 7.11 Å². The molecule has 4 nitrogen and oxygen atoms in total. The Hall–Kier alpha value is -0.900. The van der Waals surface area contributed by atoms with Crippen molar-refractivity contribution in [2.75, 3.05) is 7.11 Å². The lowest BCUT2D eigenvalue weighted by Gasteiger charge is -2.06. The van der Waals surface area contributed by atoms with E-state index in [-0.39, 0.29) is 17.7 Å². The number of nitrogens with one attached hydrogen (secondary N) is 1. The van der Waals surface area contributed by atoms with Crippen molar-refractivity contribution in [3.8, 4) is 0 Å². The number of carbonyl (C=O) groups is 2. The summed E-state index contributed by atoms with van der Waals surface area (Å²) in [5, 5.41) is 2.16. The summed E-state index contributed by atoms with van der Waals surface area (Å²) in [4.78, 5) is 21.5. The van der Waals surface area contributed by atoms with Gasteiger partial charge in [0.1, 0.15) is 6.10 Å². The zero-order valence-electron chi connectivity index (χ0n) is 7.88. The number of hydrogen-bond donors (Lipinski definition) is 1. The van der Waals surface area contributed by atoms with Crippen molar-refractivity contribution in [2.45, 2.75) is 26.9 Å². The first-order valence-corrected chi connectivity index (χ1v) is 4.04. The fourth-order valence-corrected chi connectivity index (χ4v) is 0.982. The lowest BCUT2D eigenvalue weighted by molar-refractivity contribution is -0.128. The molecule has 0 aromatic rings. The van der Waals surface area contributed by atoms with Crippen molar-refractivity contribution in [1.82, 2.24) is 5.32 Å². The average Bonchev–Trinajstić information content (AvgIpc) is 2.31. The molecule has 12 heavy (non-hydrogen) atoms. The number of rotatable bonds is 1. The number of amides is 2. The normalized spacial score (nSPS) is 27.7. The van der Waals surface area contributed by atoms with Gasteiger partial charge in [0.05, 0.1) is 5.92 Å². The summed E-state index contributed by atoms with van der Waals surface area (Å²) in [5.74, 6) is -0.936. The minimum Gasteiger partial charge on any atom is -0.371 e. The van der Waals surface area contributed by atoms with Crippen LogP contribution in [0.5, 0.6) is 0 Å². The Balaban J connectivity index is 0.000000561. The third-order valence-electron chi connectivity index (χ3n) is 1.63. The van der Waals surface area contributed by atoms with Crippen LogP contribution in [0.2, 0.25) is 0 Å². The molecule has 2 unspecified atom stereocenters. The molecule has 4 heteroatoms. The summed E-state index contributed by atoms with van der Waals surface area (Å²) in [5.41, 5.74) is 0. The number of imide groups is 1. The Labute approximate surface area is 72.3 Å². The smallest absolute Gasteiger partial charge is 0.256 e. The fraction of sp³-hybridized carbons (Fsp3) is 0.750. The van der Waals surface area contributed by atoms with Gasteiger partial charge in [0.25, 0.3) is 5.91 Å². The molecule has 0 aromatic carbocycles. The molecule has 1 rings (SSSR count). The van der Waals surface area contributed by atoms with E-state index >= 15 is 0 Å². The molecule has 1 fully saturated rings. The fourth-order valence-electron chi connectivity index (χ4n) is 0.982. The number of hydrogen-bond acceptors (Lipinski definition) is 3. The van der Waals surface area contributed by atoms with Crippen LogP contribution in [0.3, 0.4) is 0 Å². The second-order valence-corrected chi connectivity index (χ2v) is 2.30. The topological polar surface area (TPSA) is 55.4 Å². The SMILES string of the molecule is CC.COC1C(=O)NC(=O)C1C. The second-order valence-electron chi connectivity index (χ2n) is 2.30. The molecule has 0 aliphatic carbocycles. The van der Waals surface area contributed by atoms with Gasteiger partial charge in [-0.3, -0.25) is 14.9 Å². The van der Waals surface area contributed by atoms with E-state index in [2.05, 4.69) is 5.32 Å². The quantitative estimate of drug-likeness (QED) is 0.581. The molecular weight excluding hydrogens is 158 g/mol. The van der Waals surface area contributed by atoms with E-state index in [1.165, 1.54) is 7.11 Å². The Morgan fingerprint density at radius 2 is 1.75 bits per heavy atom. The van der Waals surface area contributed by atoms with Crippen molar-refractivity contribution < 1.29 is 14.3 Å². The van der Waals surface area contributed by atoms with Crippen LogP contribution >= 0.6 is 0 Å². The zero-order chi connectivity index (χ0) is 9.72. The number of carbonyl (C=O) groups excluding carboxylic acids is 2. The van der Waals surface area contributed by atoms with Gasteiger partial charge in [-0.05, 0) is 0 Å². The molecule has 1 aliphatic heterocycles. The van der Waals surface area contributed by atoms with Gasteiger partial charge in [-0.2, -0.15) is 0 Å². The Morgan fingerprint density at radius 3 is 1.92 bits per heavy atom. The molecule has 0 spiro atoms. The van der Waals surface area contributed by atoms with Crippen LogP contribution < -0.4 is 5.32 Å². The second kappa shape index (κ2) is 4.87. The number of ether oxygens (including phenoxy) is 1. The Kier molecular flexibility index (Phi) is 4.51. The van der Waals surface area contributed by atoms with Crippen LogP contribution in [0.4, 0.5) is 0 Å². The summed E-state index contributed by atoms with van der Waals surface area (Å²) in [6.07, 6.45) is -0.590. The van der Waals surface area contributed by atoms with Crippen molar-refractivity contribution >= 4 is 11.8 Å². The van der Waals surface area contributed by atoms with E-state index in [1.54, 1.807) is 6.92 Å². The van der Waals surface area contributed by atoms with Crippen LogP contribution in [0.1, 0.15) is 20.8 Å². The Morgan fingerprint density at radius 1 is 1.25 bits per heavy atom. The van der Waals surface area contributed by atoms with Crippen molar-refractivity contribution in [3.63, 3.8) is 0 Å². The third kappa shape index (κ3) is 2.04. The molecule has 0 bridgehead atoms. The molecule has 1 aliphatic rings. The minimum atomic E-state index is -0.590. The van der Waals surface area contributed by atoms with Gasteiger partial charge in [-0.15, -0.1) is 0 Å². The van der Waals surface area contributed by atoms with Crippen LogP contribution in [-0.4, -0.2) is 25.0 Å². The summed E-state index contributed by atoms with van der Waals surface area (Å²) in [6, 6.07) is 0. The summed E-state index contributed by atoms with van der Waals surface area (Å²) >= 11 is 0. The van der Waals surface area contributed by atoms with Crippen molar-refractivity contribution in [1.29, 1.82) is 0 Å². The van der Waals surface area contributed by atoms with Crippen molar-refractivity contribution in [3.05, 3.63) is 0 Å². The van der Waals surface area contributed by atoms with E-state index in [1.807, 2.05) is 13.8 Å². The first kappa shape index (κ1) is 11.1. The average molecular weight is 173 g/mol. The maximum absolute atomic E-state index is 10.8. The molecular formula is C8H15NO3. The summed E-state index contributed by atoms with van der Waals surface area (Å²) < 4.78 is 4.77. The van der Waals surface area contributed by atoms with E-state index in [4.69, 9.17) is 4.74 Å². The molecule has 2 amide bonds. The molecule has 2 atom stereocenters. The maximum atomic E-state index is 10.8. The predicted octanol–water partition coefficient (Wildman–Crippen LogP) is 0.320. The molecule has 70 valence electrons. The first-order valence-electron chi connectivity index (χ1n) is 4.04. The highest BCUT2D eigenvalue weighted by atomic mass is 16.5. The van der Waals surface area contributed by atoms with Crippen LogP contribution in [0.15, 0.2) is 0 Å². The third-order valence-corrected chi connectivity index (χ3v) is 1.63. The van der Waals surface area contributed by atoms with E-state index in [9.17, 15) is 9.59 Å². The van der Waals surface area contributed by atoms with Gasteiger partial charge in [-0.1, -0.05) is 20.8 Å². The predicted molar refractivity (Wildman–Crippen MR) is 44.5 cm³/mol. The van der Waals surface area contributed by atoms with E-state index < -0.39 is 6.10 Å². The number of methoxy groups -OCH3 is 1. The maximum Gasteiger partial charge on any atom is 0.256 e. The largest absolute Gasteiger partial charge is 0.371 e. The molecule has 1 N–H and O–H groups in total. The summed E-state index contributed by atoms with van der Waals surface area (Å²) in [6.45, 7) is 5.66. The Bertz CT molecular complexity index is 179. The lowest BCUT2D eigenvalue weighted by atomic mass is 10.1. The highest BCUT2D eigenvalue weighted by Gasteiger charge is 2.38.